The number of hydrogen-bond acceptors (Lipinski definition) is 4. The Bertz CT molecular complexity index is 920. The van der Waals surface area contributed by atoms with Crippen molar-refractivity contribution in [3.63, 3.8) is 0 Å². The summed E-state index contributed by atoms with van der Waals surface area (Å²) in [5.41, 5.74) is 1.76. The summed E-state index contributed by atoms with van der Waals surface area (Å²) < 4.78 is 26.6. The highest BCUT2D eigenvalue weighted by Crippen LogP contribution is 2.15. The van der Waals surface area contributed by atoms with E-state index in [2.05, 4.69) is 33.7 Å². The van der Waals surface area contributed by atoms with Gasteiger partial charge in [0.1, 0.15) is 0 Å². The van der Waals surface area contributed by atoms with Crippen molar-refractivity contribution in [3.05, 3.63) is 78.4 Å². The van der Waals surface area contributed by atoms with Gasteiger partial charge in [0.15, 0.2) is 0 Å². The minimum Gasteiger partial charge on any atom is -0.349 e. The van der Waals surface area contributed by atoms with Crippen molar-refractivity contribution in [1.29, 1.82) is 0 Å². The highest BCUT2D eigenvalue weighted by Gasteiger charge is 2.21. The van der Waals surface area contributed by atoms with Gasteiger partial charge in [0.05, 0.1) is 4.90 Å². The van der Waals surface area contributed by atoms with E-state index in [1.165, 1.54) is 23.8 Å². The summed E-state index contributed by atoms with van der Waals surface area (Å²) >= 11 is 0. The maximum Gasteiger partial charge on any atom is 0.251 e. The number of benzene rings is 2. The van der Waals surface area contributed by atoms with Crippen LogP contribution in [-0.4, -0.2) is 44.9 Å². The topological polar surface area (TPSA) is 78.5 Å². The molecule has 6 nitrogen and oxygen atoms in total. The Hall–Kier alpha value is -2.48. The first kappa shape index (κ1) is 21.2. The van der Waals surface area contributed by atoms with E-state index in [1.54, 1.807) is 12.1 Å². The second kappa shape index (κ2) is 9.82. The lowest BCUT2D eigenvalue weighted by Crippen LogP contribution is -2.44. The first-order chi connectivity index (χ1) is 14.0. The molecule has 0 unspecified atom stereocenters. The lowest BCUT2D eigenvalue weighted by atomic mass is 10.0. The molecule has 1 aliphatic heterocycles. The van der Waals surface area contributed by atoms with E-state index in [0.29, 0.717) is 5.56 Å². The molecule has 0 spiro atoms. The van der Waals surface area contributed by atoms with E-state index < -0.39 is 10.0 Å². The van der Waals surface area contributed by atoms with Crippen molar-refractivity contribution < 1.29 is 13.2 Å². The Kier molecular flexibility index (Phi) is 7.19. The zero-order valence-corrected chi connectivity index (χ0v) is 17.2. The Morgan fingerprint density at radius 2 is 1.72 bits per heavy atom. The van der Waals surface area contributed by atoms with Gasteiger partial charge >= 0.3 is 0 Å². The number of carbonyl (C=O) groups is 1. The molecule has 2 aromatic rings. The smallest absolute Gasteiger partial charge is 0.251 e. The molecule has 1 fully saturated rings. The van der Waals surface area contributed by atoms with Crippen LogP contribution in [0.1, 0.15) is 28.8 Å². The number of piperidine rings is 1. The maximum atomic E-state index is 12.5. The number of rotatable bonds is 8. The molecule has 154 valence electrons. The molecular formula is C22H27N3O3S. The molecule has 29 heavy (non-hydrogen) atoms. The van der Waals surface area contributed by atoms with Crippen LogP contribution < -0.4 is 10.0 Å². The van der Waals surface area contributed by atoms with E-state index in [4.69, 9.17) is 0 Å². The molecule has 1 aliphatic rings. The number of hydrogen-bond donors (Lipinski definition) is 2. The monoisotopic (exact) mass is 413 g/mol. The van der Waals surface area contributed by atoms with E-state index in [-0.39, 0.29) is 23.4 Å². The molecule has 3 rings (SSSR count). The molecule has 7 heteroatoms. The zero-order chi connectivity index (χ0) is 20.7. The van der Waals surface area contributed by atoms with Gasteiger partial charge in [-0.25, -0.2) is 13.1 Å². The van der Waals surface area contributed by atoms with Gasteiger partial charge in [-0.15, -0.1) is 6.58 Å². The fraction of sp³-hybridized carbons (Fsp3) is 0.318. The van der Waals surface area contributed by atoms with E-state index in [9.17, 15) is 13.2 Å². The first-order valence-corrected chi connectivity index (χ1v) is 11.2. The predicted molar refractivity (Wildman–Crippen MR) is 114 cm³/mol. The second-order valence-corrected chi connectivity index (χ2v) is 8.94. The van der Waals surface area contributed by atoms with Crippen molar-refractivity contribution in [2.75, 3.05) is 19.6 Å². The van der Waals surface area contributed by atoms with Gasteiger partial charge in [0, 0.05) is 37.8 Å². The van der Waals surface area contributed by atoms with Crippen molar-refractivity contribution >= 4 is 15.9 Å². The Morgan fingerprint density at radius 1 is 1.07 bits per heavy atom. The van der Waals surface area contributed by atoms with Gasteiger partial charge < -0.3 is 5.32 Å². The minimum absolute atomic E-state index is 0.130. The van der Waals surface area contributed by atoms with Gasteiger partial charge in [-0.1, -0.05) is 36.4 Å². The summed E-state index contributed by atoms with van der Waals surface area (Å²) in [4.78, 5) is 15.0. The lowest BCUT2D eigenvalue weighted by molar-refractivity contribution is 0.0909. The van der Waals surface area contributed by atoms with Gasteiger partial charge in [-0.3, -0.25) is 9.69 Å². The molecule has 1 amide bonds. The summed E-state index contributed by atoms with van der Waals surface area (Å²) in [6.45, 7) is 6.45. The second-order valence-electron chi connectivity index (χ2n) is 7.17. The summed E-state index contributed by atoms with van der Waals surface area (Å²) in [7, 11) is -3.58. The van der Waals surface area contributed by atoms with Crippen LogP contribution >= 0.6 is 0 Å². The van der Waals surface area contributed by atoms with Crippen LogP contribution in [0.25, 0.3) is 0 Å². The van der Waals surface area contributed by atoms with Gasteiger partial charge in [0.2, 0.25) is 10.0 Å². The maximum absolute atomic E-state index is 12.5. The highest BCUT2D eigenvalue weighted by atomic mass is 32.2. The molecular weight excluding hydrogens is 386 g/mol. The van der Waals surface area contributed by atoms with Crippen molar-refractivity contribution in [1.82, 2.24) is 14.9 Å². The molecule has 0 radical (unpaired) electrons. The molecule has 0 aliphatic carbocycles. The first-order valence-electron chi connectivity index (χ1n) is 9.76. The minimum atomic E-state index is -3.58. The quantitative estimate of drug-likeness (QED) is 0.652. The van der Waals surface area contributed by atoms with Crippen LogP contribution in [0.3, 0.4) is 0 Å². The molecule has 0 saturated carbocycles. The van der Waals surface area contributed by atoms with Crippen molar-refractivity contribution in [2.45, 2.75) is 30.3 Å². The fourth-order valence-electron chi connectivity index (χ4n) is 3.38. The molecule has 2 N–H and O–H groups in total. The highest BCUT2D eigenvalue weighted by molar-refractivity contribution is 7.89. The molecule has 0 atom stereocenters. The number of amides is 1. The van der Waals surface area contributed by atoms with Crippen LogP contribution in [0.5, 0.6) is 0 Å². The third-order valence-corrected chi connectivity index (χ3v) is 6.46. The van der Waals surface area contributed by atoms with E-state index >= 15 is 0 Å². The Balaban J connectivity index is 1.50. The van der Waals surface area contributed by atoms with E-state index in [0.717, 1.165) is 32.5 Å². The third kappa shape index (κ3) is 6.00. The van der Waals surface area contributed by atoms with Crippen molar-refractivity contribution in [2.24, 2.45) is 0 Å². The lowest BCUT2D eigenvalue weighted by Gasteiger charge is -2.32. The van der Waals surface area contributed by atoms with Gasteiger partial charge in [-0.05, 0) is 42.7 Å². The Morgan fingerprint density at radius 3 is 2.34 bits per heavy atom. The molecule has 0 aromatic heterocycles. The predicted octanol–water partition coefficient (Wildman–Crippen LogP) is 2.55. The number of likely N-dealkylation sites (tertiary alicyclic amines) is 1. The van der Waals surface area contributed by atoms with Crippen LogP contribution in [0.2, 0.25) is 0 Å². The van der Waals surface area contributed by atoms with E-state index in [1.807, 2.05) is 18.2 Å². The zero-order valence-electron chi connectivity index (χ0n) is 16.4. The summed E-state index contributed by atoms with van der Waals surface area (Å²) in [6.07, 6.45) is 3.28. The van der Waals surface area contributed by atoms with Crippen LogP contribution in [0.15, 0.2) is 72.1 Å². The van der Waals surface area contributed by atoms with Crippen LogP contribution in [-0.2, 0) is 16.6 Å². The number of nitrogens with one attached hydrogen (secondary N) is 2. The fourth-order valence-corrected chi connectivity index (χ4v) is 4.38. The molecule has 2 aromatic carbocycles. The summed E-state index contributed by atoms with van der Waals surface area (Å²) in [5, 5.41) is 3.07. The normalized spacial score (nSPS) is 15.7. The average Bonchev–Trinajstić information content (AvgIpc) is 2.74. The average molecular weight is 414 g/mol. The number of carbonyl (C=O) groups excluding carboxylic acids is 1. The summed E-state index contributed by atoms with van der Waals surface area (Å²) in [5.74, 6) is -0.172. The Labute approximate surface area is 172 Å². The largest absolute Gasteiger partial charge is 0.349 e. The van der Waals surface area contributed by atoms with Crippen molar-refractivity contribution in [3.8, 4) is 0 Å². The SMILES string of the molecule is C=CCNS(=O)(=O)c1ccc(C(=O)NC2CCN(Cc3ccccc3)CC2)cc1. The molecule has 0 bridgehead atoms. The number of nitrogens with zero attached hydrogens (tertiary/aromatic N) is 1. The third-order valence-electron chi connectivity index (χ3n) is 5.02. The standard InChI is InChI=1S/C22H27N3O3S/c1-2-14-23-29(27,28)21-10-8-19(9-11-21)22(26)24-20-12-15-25(16-13-20)17-18-6-4-3-5-7-18/h2-11,20,23H,1,12-17H2,(H,24,26). The van der Waals surface area contributed by atoms with Crippen LogP contribution in [0, 0.1) is 0 Å². The van der Waals surface area contributed by atoms with Gasteiger partial charge in [-0.2, -0.15) is 0 Å². The molecule has 1 saturated heterocycles. The van der Waals surface area contributed by atoms with Crippen LogP contribution in [0.4, 0.5) is 0 Å². The number of sulfonamides is 1. The van der Waals surface area contributed by atoms with Gasteiger partial charge in [0.25, 0.3) is 5.91 Å². The summed E-state index contributed by atoms with van der Waals surface area (Å²) in [6, 6.07) is 16.5. The molecule has 1 heterocycles.